The summed E-state index contributed by atoms with van der Waals surface area (Å²) in [6.07, 6.45) is 4.16. The number of para-hydroxylation sites is 1. The van der Waals surface area contributed by atoms with E-state index in [1.54, 1.807) is 33.9 Å². The molecule has 3 unspecified atom stereocenters. The number of hydrogen-bond acceptors (Lipinski definition) is 5. The Bertz CT molecular complexity index is 1130. The van der Waals surface area contributed by atoms with Crippen molar-refractivity contribution in [2.75, 3.05) is 38.2 Å². The molecule has 0 aliphatic carbocycles. The average Bonchev–Trinajstić information content (AvgIpc) is 3.37. The molecule has 1 aromatic rings. The van der Waals surface area contributed by atoms with Gasteiger partial charge in [-0.1, -0.05) is 37.3 Å². The Labute approximate surface area is 225 Å². The zero-order chi connectivity index (χ0) is 28.0. The van der Waals surface area contributed by atoms with Gasteiger partial charge in [-0.05, 0) is 50.7 Å². The molecule has 0 aromatic heterocycles. The van der Waals surface area contributed by atoms with Gasteiger partial charge in [0, 0.05) is 39.0 Å². The number of ether oxygens (including phenoxy) is 1. The number of carbonyl (C=O) groups is 3. The van der Waals surface area contributed by atoms with Crippen molar-refractivity contribution in [1.82, 2.24) is 9.80 Å². The van der Waals surface area contributed by atoms with Crippen LogP contribution in [0.15, 0.2) is 43.5 Å². The fraction of sp³-hybridized carbons (Fsp3) is 0.567. The van der Waals surface area contributed by atoms with Crippen LogP contribution < -0.4 is 4.90 Å². The molecule has 4 rings (SSSR count). The first-order valence-electron chi connectivity index (χ1n) is 13.5. The molecule has 2 bridgehead atoms. The van der Waals surface area contributed by atoms with Crippen LogP contribution in [-0.2, 0) is 19.1 Å². The van der Waals surface area contributed by atoms with Gasteiger partial charge in [-0.3, -0.25) is 14.4 Å². The lowest BCUT2D eigenvalue weighted by molar-refractivity contribution is -0.150. The lowest BCUT2D eigenvalue weighted by Gasteiger charge is -2.38. The predicted molar refractivity (Wildman–Crippen MR) is 146 cm³/mol. The van der Waals surface area contributed by atoms with E-state index in [0.29, 0.717) is 19.4 Å². The maximum atomic E-state index is 14.6. The Morgan fingerprint density at radius 3 is 2.39 bits per heavy atom. The summed E-state index contributed by atoms with van der Waals surface area (Å²) in [5, 5.41) is 9.62. The van der Waals surface area contributed by atoms with Gasteiger partial charge in [-0.15, -0.1) is 13.2 Å². The van der Waals surface area contributed by atoms with Crippen LogP contribution in [0.25, 0.3) is 0 Å². The Kier molecular flexibility index (Phi) is 7.60. The lowest BCUT2D eigenvalue weighted by Crippen LogP contribution is -2.57. The van der Waals surface area contributed by atoms with Crippen molar-refractivity contribution >= 4 is 23.4 Å². The Hall–Kier alpha value is -2.97. The van der Waals surface area contributed by atoms with Crippen molar-refractivity contribution in [2.24, 2.45) is 17.8 Å². The summed E-state index contributed by atoms with van der Waals surface area (Å²) in [6, 6.07) is 4.95. The number of hydrogen-bond donors (Lipinski definition) is 1. The van der Waals surface area contributed by atoms with Gasteiger partial charge in [0.1, 0.15) is 11.6 Å². The molecule has 1 spiro atoms. The Morgan fingerprint density at radius 2 is 1.82 bits per heavy atom. The summed E-state index contributed by atoms with van der Waals surface area (Å²) in [5.41, 5.74) is 0.657. The second kappa shape index (κ2) is 10.3. The number of rotatable bonds is 10. The van der Waals surface area contributed by atoms with Gasteiger partial charge in [0.15, 0.2) is 0 Å². The van der Waals surface area contributed by atoms with Gasteiger partial charge in [0.2, 0.25) is 11.8 Å². The first-order chi connectivity index (χ1) is 18.0. The smallest absolute Gasteiger partial charge is 0.253 e. The molecule has 0 saturated carbocycles. The summed E-state index contributed by atoms with van der Waals surface area (Å²) in [7, 11) is 1.70. The van der Waals surface area contributed by atoms with E-state index in [1.807, 2.05) is 45.9 Å². The number of amides is 3. The number of nitrogens with zero attached hydrogens (tertiary/aromatic N) is 3. The number of aryl methyl sites for hydroxylation is 2. The van der Waals surface area contributed by atoms with E-state index in [1.165, 1.54) is 0 Å². The van der Waals surface area contributed by atoms with Crippen LogP contribution in [-0.4, -0.2) is 83.2 Å². The summed E-state index contributed by atoms with van der Waals surface area (Å²) >= 11 is 0. The average molecular weight is 524 g/mol. The minimum atomic E-state index is -1.14. The zero-order valence-electron chi connectivity index (χ0n) is 23.3. The number of fused-ring (bicyclic) bond motifs is 1. The van der Waals surface area contributed by atoms with Crippen LogP contribution in [0.1, 0.15) is 37.8 Å². The number of benzene rings is 1. The van der Waals surface area contributed by atoms with E-state index in [4.69, 9.17) is 4.74 Å². The van der Waals surface area contributed by atoms with Gasteiger partial charge in [0.25, 0.3) is 5.91 Å². The highest BCUT2D eigenvalue weighted by Crippen LogP contribution is 2.65. The van der Waals surface area contributed by atoms with E-state index in [2.05, 4.69) is 13.2 Å². The van der Waals surface area contributed by atoms with Gasteiger partial charge in [-0.2, -0.15) is 0 Å². The first kappa shape index (κ1) is 28.0. The Morgan fingerprint density at radius 1 is 1.18 bits per heavy atom. The molecule has 1 aromatic carbocycles. The third-order valence-corrected chi connectivity index (χ3v) is 8.94. The fourth-order valence-electron chi connectivity index (χ4n) is 7.20. The molecular weight excluding hydrogens is 482 g/mol. The van der Waals surface area contributed by atoms with Crippen molar-refractivity contribution in [3.8, 4) is 0 Å². The van der Waals surface area contributed by atoms with Crippen molar-refractivity contribution in [3.05, 3.63) is 54.6 Å². The largest absolute Gasteiger partial charge is 0.396 e. The lowest BCUT2D eigenvalue weighted by atomic mass is 9.62. The number of carbonyl (C=O) groups excluding carboxylic acids is 3. The Balaban J connectivity index is 1.86. The number of aliphatic hydroxyl groups excluding tert-OH is 1. The molecular formula is C30H41N3O5. The van der Waals surface area contributed by atoms with Crippen LogP contribution in [0.4, 0.5) is 5.69 Å². The quantitative estimate of drug-likeness (QED) is 0.477. The molecule has 38 heavy (non-hydrogen) atoms. The highest BCUT2D eigenvalue weighted by molar-refractivity contribution is 6.05. The van der Waals surface area contributed by atoms with Crippen LogP contribution in [0.5, 0.6) is 0 Å². The number of likely N-dealkylation sites (N-methyl/N-ethyl adjacent to an activating group) is 1. The van der Waals surface area contributed by atoms with Gasteiger partial charge in [0.05, 0.1) is 17.4 Å². The molecule has 8 nitrogen and oxygen atoms in total. The molecule has 1 N–H and O–H groups in total. The molecule has 3 amide bonds. The van der Waals surface area contributed by atoms with E-state index in [-0.39, 0.29) is 43.3 Å². The van der Waals surface area contributed by atoms with Crippen LogP contribution in [0, 0.1) is 31.6 Å². The van der Waals surface area contributed by atoms with Crippen molar-refractivity contribution in [2.45, 2.75) is 57.8 Å². The molecule has 3 aliphatic rings. The van der Waals surface area contributed by atoms with Crippen molar-refractivity contribution in [3.63, 3.8) is 0 Å². The second-order valence-corrected chi connectivity index (χ2v) is 11.3. The van der Waals surface area contributed by atoms with E-state index in [9.17, 15) is 19.5 Å². The third-order valence-electron chi connectivity index (χ3n) is 8.94. The van der Waals surface area contributed by atoms with Crippen LogP contribution in [0.3, 0.4) is 0 Å². The predicted octanol–water partition coefficient (Wildman–Crippen LogP) is 2.86. The molecule has 8 heteroatoms. The van der Waals surface area contributed by atoms with Gasteiger partial charge < -0.3 is 24.5 Å². The second-order valence-electron chi connectivity index (χ2n) is 11.3. The fourth-order valence-corrected chi connectivity index (χ4v) is 7.20. The van der Waals surface area contributed by atoms with Crippen molar-refractivity contribution in [1.29, 1.82) is 0 Å². The molecule has 3 saturated heterocycles. The number of anilines is 1. The highest BCUT2D eigenvalue weighted by Gasteiger charge is 2.80. The maximum Gasteiger partial charge on any atom is 0.253 e. The van der Waals surface area contributed by atoms with Gasteiger partial charge >= 0.3 is 0 Å². The summed E-state index contributed by atoms with van der Waals surface area (Å²) < 4.78 is 6.81. The van der Waals surface area contributed by atoms with Gasteiger partial charge in [-0.25, -0.2) is 0 Å². The molecule has 0 radical (unpaired) electrons. The third kappa shape index (κ3) is 4.00. The number of likely N-dealkylation sites (tertiary alicyclic amines) is 1. The molecule has 3 heterocycles. The molecule has 3 aliphatic heterocycles. The standard InChI is InChI=1S/C30H41N3O5/c1-8-14-31(7)26(35)22-23-27(36)33(16-11-17-34)25(30(23)18-21(5)29(22,6)38-30)28(37)32(15-9-2)24-19(3)12-10-13-20(24)4/h8-10,12-13,21-23,25,34H,1-2,11,14-18H2,3-7H3/t21?,22-,23-,25?,29+,30?/m0/s1. The summed E-state index contributed by atoms with van der Waals surface area (Å²) in [5.74, 6) is -2.21. The SMILES string of the molecule is C=CCN(C)C(=O)[C@@H]1[C@H]2C(=O)N(CCCO)C(C(=O)N(CC=C)c3c(C)cccc3C)C23CC(C)[C@@]1(C)O3. The minimum absolute atomic E-state index is 0.0428. The number of aliphatic hydroxyl groups is 1. The molecule has 6 atom stereocenters. The topological polar surface area (TPSA) is 90.4 Å². The first-order valence-corrected chi connectivity index (χ1v) is 13.5. The van der Waals surface area contributed by atoms with E-state index < -0.39 is 29.1 Å². The van der Waals surface area contributed by atoms with Crippen LogP contribution in [0.2, 0.25) is 0 Å². The minimum Gasteiger partial charge on any atom is -0.396 e. The molecule has 206 valence electrons. The van der Waals surface area contributed by atoms with E-state index in [0.717, 1.165) is 16.8 Å². The van der Waals surface area contributed by atoms with E-state index >= 15 is 0 Å². The maximum absolute atomic E-state index is 14.6. The molecule has 3 fully saturated rings. The summed E-state index contributed by atoms with van der Waals surface area (Å²) in [6.45, 7) is 16.2. The highest BCUT2D eigenvalue weighted by atomic mass is 16.5. The van der Waals surface area contributed by atoms with Crippen LogP contribution >= 0.6 is 0 Å². The normalized spacial score (nSPS) is 31.3. The zero-order valence-corrected chi connectivity index (χ0v) is 23.3. The van der Waals surface area contributed by atoms with Crippen molar-refractivity contribution < 1.29 is 24.2 Å². The monoisotopic (exact) mass is 523 g/mol. The summed E-state index contributed by atoms with van der Waals surface area (Å²) in [4.78, 5) is 47.4.